The second-order valence-electron chi connectivity index (χ2n) is 11.9. The Morgan fingerprint density at radius 2 is 1.76 bits per heavy atom. The monoisotopic (exact) mass is 512 g/mol. The molecule has 1 amide bonds. The summed E-state index contributed by atoms with van der Waals surface area (Å²) in [5, 5.41) is 1.20. The summed E-state index contributed by atoms with van der Waals surface area (Å²) in [4.78, 5) is 14.7. The number of hydrogen-bond donors (Lipinski definition) is 0. The second-order valence-corrected chi connectivity index (χ2v) is 11.9. The smallest absolute Gasteiger partial charge is 0.227 e. The van der Waals surface area contributed by atoms with E-state index in [0.717, 1.165) is 40.2 Å². The predicted molar refractivity (Wildman–Crippen MR) is 153 cm³/mol. The van der Waals surface area contributed by atoms with Crippen molar-refractivity contribution in [3.8, 4) is 16.9 Å². The average Bonchev–Trinajstić information content (AvgIpc) is 3.45. The lowest BCUT2D eigenvalue weighted by Gasteiger charge is -2.26. The van der Waals surface area contributed by atoms with Gasteiger partial charge in [-0.1, -0.05) is 52.8 Å². The summed E-state index contributed by atoms with van der Waals surface area (Å²) in [6.45, 7) is 12.4. The van der Waals surface area contributed by atoms with Gasteiger partial charge < -0.3 is 14.2 Å². The highest BCUT2D eigenvalue weighted by Gasteiger charge is 2.37. The fraction of sp³-hybridized carbons (Fsp3) is 0.364. The lowest BCUT2D eigenvalue weighted by molar-refractivity contribution is -0.117. The summed E-state index contributed by atoms with van der Waals surface area (Å²) >= 11 is 0. The third-order valence-electron chi connectivity index (χ3n) is 7.96. The van der Waals surface area contributed by atoms with Gasteiger partial charge in [0, 0.05) is 53.9 Å². The first kappa shape index (κ1) is 26.0. The Bertz CT molecular complexity index is 1480. The number of carbonyl (C=O) groups excluding carboxylic acids is 1. The van der Waals surface area contributed by atoms with Crippen LogP contribution in [0.5, 0.6) is 5.75 Å². The molecule has 0 saturated carbocycles. The van der Waals surface area contributed by atoms with Crippen LogP contribution in [0.2, 0.25) is 0 Å². The van der Waals surface area contributed by atoms with Gasteiger partial charge >= 0.3 is 0 Å². The molecule has 4 aromatic rings. The Hall–Kier alpha value is -3.60. The zero-order valence-corrected chi connectivity index (χ0v) is 23.2. The van der Waals surface area contributed by atoms with Gasteiger partial charge in [0.05, 0.1) is 7.11 Å². The number of halogens is 1. The normalized spacial score (nSPS) is 16.2. The van der Waals surface area contributed by atoms with Crippen molar-refractivity contribution in [1.82, 2.24) is 4.57 Å². The zero-order chi connectivity index (χ0) is 27.2. The first-order valence-electron chi connectivity index (χ1n) is 13.4. The van der Waals surface area contributed by atoms with Crippen LogP contribution in [0.25, 0.3) is 22.0 Å². The van der Waals surface area contributed by atoms with Crippen molar-refractivity contribution in [3.05, 3.63) is 83.8 Å². The molecule has 0 N–H and O–H groups in total. The third kappa shape index (κ3) is 4.94. The van der Waals surface area contributed by atoms with E-state index < -0.39 is 0 Å². The summed E-state index contributed by atoms with van der Waals surface area (Å²) in [6, 6.07) is 19.3. The number of aromatic nitrogens is 1. The quantitative estimate of drug-likeness (QED) is 0.262. The first-order chi connectivity index (χ1) is 18.0. The molecule has 1 atom stereocenters. The molecule has 1 aliphatic heterocycles. The molecule has 38 heavy (non-hydrogen) atoms. The molecule has 1 fully saturated rings. The highest BCUT2D eigenvalue weighted by molar-refractivity contribution is 5.97. The Balaban J connectivity index is 1.50. The number of amides is 1. The van der Waals surface area contributed by atoms with E-state index in [4.69, 9.17) is 4.74 Å². The van der Waals surface area contributed by atoms with Gasteiger partial charge in [-0.2, -0.15) is 0 Å². The van der Waals surface area contributed by atoms with Gasteiger partial charge in [0.1, 0.15) is 11.6 Å². The molecule has 1 saturated heterocycles. The molecule has 5 heteroatoms. The minimum atomic E-state index is -0.221. The third-order valence-corrected chi connectivity index (χ3v) is 7.96. The summed E-state index contributed by atoms with van der Waals surface area (Å²) in [5.41, 5.74) is 6.52. The molecule has 1 aromatic heterocycles. The fourth-order valence-corrected chi connectivity index (χ4v) is 5.49. The second kappa shape index (κ2) is 9.94. The molecule has 0 spiro atoms. The Morgan fingerprint density at radius 1 is 1.03 bits per heavy atom. The molecule has 0 radical (unpaired) electrons. The maximum Gasteiger partial charge on any atom is 0.227 e. The maximum atomic E-state index is 13.4. The molecular formula is C33H37FN2O2. The molecule has 5 rings (SSSR count). The van der Waals surface area contributed by atoms with Crippen molar-refractivity contribution in [2.24, 2.45) is 11.3 Å². The average molecular weight is 513 g/mol. The van der Waals surface area contributed by atoms with Crippen LogP contribution in [0.1, 0.15) is 58.1 Å². The van der Waals surface area contributed by atoms with E-state index >= 15 is 0 Å². The van der Waals surface area contributed by atoms with Crippen molar-refractivity contribution in [2.75, 3.05) is 18.6 Å². The van der Waals surface area contributed by atoms with Crippen molar-refractivity contribution in [1.29, 1.82) is 0 Å². The topological polar surface area (TPSA) is 34.5 Å². The van der Waals surface area contributed by atoms with E-state index in [0.29, 0.717) is 24.8 Å². The van der Waals surface area contributed by atoms with Crippen LogP contribution in [0.3, 0.4) is 0 Å². The summed E-state index contributed by atoms with van der Waals surface area (Å²) in [5.74, 6) is 1.39. The van der Waals surface area contributed by atoms with Crippen molar-refractivity contribution < 1.29 is 13.9 Å². The van der Waals surface area contributed by atoms with E-state index in [1.165, 1.54) is 23.1 Å². The van der Waals surface area contributed by atoms with Gasteiger partial charge in [-0.3, -0.25) is 4.79 Å². The van der Waals surface area contributed by atoms with Gasteiger partial charge in [-0.25, -0.2) is 4.39 Å². The van der Waals surface area contributed by atoms with Gasteiger partial charge in [0.2, 0.25) is 5.91 Å². The highest BCUT2D eigenvalue weighted by Crippen LogP contribution is 2.40. The van der Waals surface area contributed by atoms with E-state index in [1.54, 1.807) is 7.11 Å². The van der Waals surface area contributed by atoms with Crippen LogP contribution in [0.15, 0.2) is 66.9 Å². The molecule has 1 unspecified atom stereocenters. The molecule has 3 aromatic carbocycles. The van der Waals surface area contributed by atoms with Gasteiger partial charge in [-0.05, 0) is 70.3 Å². The molecule has 0 aliphatic carbocycles. The predicted octanol–water partition coefficient (Wildman–Crippen LogP) is 8.03. The maximum absolute atomic E-state index is 13.4. The number of fused-ring (bicyclic) bond motifs is 1. The van der Waals surface area contributed by atoms with Crippen LogP contribution in [0, 0.1) is 17.2 Å². The lowest BCUT2D eigenvalue weighted by Crippen LogP contribution is -2.27. The first-order valence-corrected chi connectivity index (χ1v) is 13.4. The highest BCUT2D eigenvalue weighted by atomic mass is 19.1. The van der Waals surface area contributed by atoms with E-state index in [2.05, 4.69) is 69.6 Å². The Kier molecular flexibility index (Phi) is 6.81. The van der Waals surface area contributed by atoms with Crippen LogP contribution in [-0.4, -0.2) is 24.1 Å². The number of nitrogens with zero attached hydrogens (tertiary/aromatic N) is 2. The number of rotatable bonds is 6. The number of hydrogen-bond acceptors (Lipinski definition) is 2. The standard InChI is InChI=1S/C33H37FN2O2/c1-21(2)29-20-35(18-22-7-10-25(34)11-8-22)30-14-9-23(15-28(29)30)27-13-12-26(17-31(27)38-6)36-19-24(16-32(36)37)33(3,4)5/h7-15,17,20-21,24H,16,18-19H2,1-6H3. The van der Waals surface area contributed by atoms with E-state index in [1.807, 2.05) is 29.2 Å². The Morgan fingerprint density at radius 3 is 2.39 bits per heavy atom. The Labute approximate surface area is 225 Å². The van der Waals surface area contributed by atoms with E-state index in [-0.39, 0.29) is 17.1 Å². The van der Waals surface area contributed by atoms with Crippen molar-refractivity contribution in [2.45, 2.75) is 53.5 Å². The van der Waals surface area contributed by atoms with Crippen LogP contribution in [0.4, 0.5) is 10.1 Å². The van der Waals surface area contributed by atoms with Crippen LogP contribution < -0.4 is 9.64 Å². The number of benzene rings is 3. The minimum Gasteiger partial charge on any atom is -0.496 e. The molecule has 198 valence electrons. The molecular weight excluding hydrogens is 475 g/mol. The summed E-state index contributed by atoms with van der Waals surface area (Å²) < 4.78 is 21.5. The SMILES string of the molecule is COc1cc(N2CC(C(C)(C)C)CC2=O)ccc1-c1ccc2c(c1)c(C(C)C)cn2Cc1ccc(F)cc1. The van der Waals surface area contributed by atoms with Gasteiger partial charge in [0.25, 0.3) is 0 Å². The fourth-order valence-electron chi connectivity index (χ4n) is 5.49. The number of methoxy groups -OCH3 is 1. The number of carbonyl (C=O) groups is 1. The van der Waals surface area contributed by atoms with Crippen molar-refractivity contribution >= 4 is 22.5 Å². The lowest BCUT2D eigenvalue weighted by atomic mass is 9.80. The summed E-state index contributed by atoms with van der Waals surface area (Å²) in [6.07, 6.45) is 2.80. The molecule has 4 nitrogen and oxygen atoms in total. The van der Waals surface area contributed by atoms with Gasteiger partial charge in [-0.15, -0.1) is 0 Å². The number of ether oxygens (including phenoxy) is 1. The summed E-state index contributed by atoms with van der Waals surface area (Å²) in [7, 11) is 1.68. The van der Waals surface area contributed by atoms with Crippen LogP contribution in [-0.2, 0) is 11.3 Å². The van der Waals surface area contributed by atoms with Crippen molar-refractivity contribution in [3.63, 3.8) is 0 Å². The van der Waals surface area contributed by atoms with Gasteiger partial charge in [0.15, 0.2) is 0 Å². The van der Waals surface area contributed by atoms with Crippen LogP contribution >= 0.6 is 0 Å². The minimum absolute atomic E-state index is 0.0884. The molecule has 0 bridgehead atoms. The zero-order valence-electron chi connectivity index (χ0n) is 23.2. The number of anilines is 1. The molecule has 1 aliphatic rings. The molecule has 2 heterocycles. The largest absolute Gasteiger partial charge is 0.496 e. The van der Waals surface area contributed by atoms with E-state index in [9.17, 15) is 9.18 Å².